The number of hydrogen-bond acceptors (Lipinski definition) is 7. The lowest BCUT2D eigenvalue weighted by Crippen LogP contribution is -2.28. The number of aliphatic hydroxyl groups excluding tert-OH is 2. The van der Waals surface area contributed by atoms with Crippen LogP contribution in [0.25, 0.3) is 5.69 Å². The molecule has 1 aromatic heterocycles. The minimum atomic E-state index is -1.77. The maximum absolute atomic E-state index is 11.2. The molecule has 0 aliphatic carbocycles. The number of carbonyl (C=O) groups is 1. The standard InChI is InChI=1S/C13H13N3O6/c1-22-13(19)12(18)11(17)8-6-14-15(7-8)9-4-2-3-5-10(9)16(20)21/h2-7,11-12,17-18H,1H3. The van der Waals surface area contributed by atoms with Gasteiger partial charge in [-0.15, -0.1) is 0 Å². The normalized spacial score (nSPS) is 13.4. The smallest absolute Gasteiger partial charge is 0.337 e. The third kappa shape index (κ3) is 2.95. The van der Waals surface area contributed by atoms with Crippen LogP contribution in [-0.4, -0.2) is 44.1 Å². The Morgan fingerprint density at radius 1 is 1.41 bits per heavy atom. The molecule has 2 unspecified atom stereocenters. The number of nitrogens with zero attached hydrogens (tertiary/aromatic N) is 3. The van der Waals surface area contributed by atoms with E-state index in [2.05, 4.69) is 9.84 Å². The second-order valence-electron chi connectivity index (χ2n) is 4.38. The molecule has 22 heavy (non-hydrogen) atoms. The molecule has 0 aliphatic heterocycles. The molecule has 2 atom stereocenters. The minimum Gasteiger partial charge on any atom is -0.467 e. The predicted octanol–water partition coefficient (Wildman–Crippen LogP) is 0.348. The molecule has 9 nitrogen and oxygen atoms in total. The first-order valence-corrected chi connectivity index (χ1v) is 6.18. The minimum absolute atomic E-state index is 0.121. The summed E-state index contributed by atoms with van der Waals surface area (Å²) in [7, 11) is 1.08. The molecule has 0 spiro atoms. The van der Waals surface area contributed by atoms with E-state index in [0.29, 0.717) is 0 Å². The molecule has 0 bridgehead atoms. The number of aromatic nitrogens is 2. The molecule has 0 fully saturated rings. The zero-order valence-corrected chi connectivity index (χ0v) is 11.5. The Bertz CT molecular complexity index is 699. The van der Waals surface area contributed by atoms with E-state index in [1.165, 1.54) is 35.3 Å². The zero-order chi connectivity index (χ0) is 16.3. The summed E-state index contributed by atoms with van der Waals surface area (Å²) in [6.45, 7) is 0. The van der Waals surface area contributed by atoms with E-state index >= 15 is 0 Å². The average molecular weight is 307 g/mol. The van der Waals surface area contributed by atoms with E-state index in [1.54, 1.807) is 6.07 Å². The van der Waals surface area contributed by atoms with Gasteiger partial charge in [-0.3, -0.25) is 10.1 Å². The fraction of sp³-hybridized carbons (Fsp3) is 0.231. The third-order valence-corrected chi connectivity index (χ3v) is 3.01. The predicted molar refractivity (Wildman–Crippen MR) is 73.2 cm³/mol. The first-order chi connectivity index (χ1) is 10.5. The van der Waals surface area contributed by atoms with Crippen LogP contribution in [0.4, 0.5) is 5.69 Å². The van der Waals surface area contributed by atoms with E-state index in [9.17, 15) is 25.1 Å². The fourth-order valence-electron chi connectivity index (χ4n) is 1.87. The number of esters is 1. The molecule has 2 aromatic rings. The number of nitro groups is 1. The molecule has 1 aromatic carbocycles. The van der Waals surface area contributed by atoms with Gasteiger partial charge in [-0.25, -0.2) is 9.48 Å². The van der Waals surface area contributed by atoms with Crippen molar-refractivity contribution in [2.24, 2.45) is 0 Å². The Labute approximate surface area is 124 Å². The van der Waals surface area contributed by atoms with Crippen LogP contribution in [-0.2, 0) is 9.53 Å². The Balaban J connectivity index is 2.33. The first kappa shape index (κ1) is 15.6. The van der Waals surface area contributed by atoms with Gasteiger partial charge in [0.15, 0.2) is 6.10 Å². The Morgan fingerprint density at radius 3 is 2.73 bits per heavy atom. The van der Waals surface area contributed by atoms with Gasteiger partial charge in [-0.05, 0) is 6.07 Å². The second-order valence-corrected chi connectivity index (χ2v) is 4.38. The maximum atomic E-state index is 11.2. The highest BCUT2D eigenvalue weighted by Crippen LogP contribution is 2.24. The third-order valence-electron chi connectivity index (χ3n) is 3.01. The summed E-state index contributed by atoms with van der Waals surface area (Å²) >= 11 is 0. The van der Waals surface area contributed by atoms with Crippen molar-refractivity contribution < 1.29 is 24.7 Å². The molecule has 2 N–H and O–H groups in total. The second kappa shape index (κ2) is 6.33. The van der Waals surface area contributed by atoms with Crippen LogP contribution in [0.2, 0.25) is 0 Å². The fourth-order valence-corrected chi connectivity index (χ4v) is 1.87. The Kier molecular flexibility index (Phi) is 4.49. The van der Waals surface area contributed by atoms with Gasteiger partial charge in [-0.2, -0.15) is 5.10 Å². The number of hydrogen-bond donors (Lipinski definition) is 2. The number of benzene rings is 1. The van der Waals surface area contributed by atoms with Crippen molar-refractivity contribution in [3.8, 4) is 5.69 Å². The highest BCUT2D eigenvalue weighted by Gasteiger charge is 2.28. The van der Waals surface area contributed by atoms with E-state index in [-0.39, 0.29) is 16.9 Å². The molecular formula is C13H13N3O6. The summed E-state index contributed by atoms with van der Waals surface area (Å²) in [6, 6.07) is 5.92. The lowest BCUT2D eigenvalue weighted by atomic mass is 10.1. The van der Waals surface area contributed by atoms with Crippen molar-refractivity contribution in [3.05, 3.63) is 52.3 Å². The number of carbonyl (C=O) groups excluding carboxylic acids is 1. The number of nitro benzene ring substituents is 1. The molecule has 1 heterocycles. The summed E-state index contributed by atoms with van der Waals surface area (Å²) in [5.74, 6) is -0.994. The summed E-state index contributed by atoms with van der Waals surface area (Å²) in [5, 5.41) is 34.4. The van der Waals surface area contributed by atoms with Gasteiger partial charge in [0, 0.05) is 17.8 Å². The number of para-hydroxylation sites is 2. The van der Waals surface area contributed by atoms with Crippen LogP contribution in [0.3, 0.4) is 0 Å². The van der Waals surface area contributed by atoms with E-state index in [1.807, 2.05) is 0 Å². The highest BCUT2D eigenvalue weighted by atomic mass is 16.6. The molecule has 0 radical (unpaired) electrons. The van der Waals surface area contributed by atoms with Gasteiger partial charge in [0.2, 0.25) is 0 Å². The van der Waals surface area contributed by atoms with Crippen molar-refractivity contribution >= 4 is 11.7 Å². The number of methoxy groups -OCH3 is 1. The van der Waals surface area contributed by atoms with Crippen LogP contribution in [0.1, 0.15) is 11.7 Å². The summed E-state index contributed by atoms with van der Waals surface area (Å²) < 4.78 is 5.51. The van der Waals surface area contributed by atoms with Crippen molar-refractivity contribution in [2.75, 3.05) is 7.11 Å². The number of aliphatic hydroxyl groups is 2. The molecule has 0 amide bonds. The van der Waals surface area contributed by atoms with Crippen LogP contribution < -0.4 is 0 Å². The number of rotatable bonds is 5. The molecule has 9 heteroatoms. The maximum Gasteiger partial charge on any atom is 0.337 e. The average Bonchev–Trinajstić information content (AvgIpc) is 3.02. The zero-order valence-electron chi connectivity index (χ0n) is 11.5. The van der Waals surface area contributed by atoms with E-state index in [4.69, 9.17) is 0 Å². The largest absolute Gasteiger partial charge is 0.467 e. The summed E-state index contributed by atoms with van der Waals surface area (Å²) in [6.07, 6.45) is -0.829. The Hall–Kier alpha value is -2.78. The van der Waals surface area contributed by atoms with E-state index in [0.717, 1.165) is 7.11 Å². The summed E-state index contributed by atoms with van der Waals surface area (Å²) in [5.41, 5.74) is 0.148. The van der Waals surface area contributed by atoms with Crippen molar-refractivity contribution in [3.63, 3.8) is 0 Å². The molecule has 116 valence electrons. The highest BCUT2D eigenvalue weighted by molar-refractivity contribution is 5.75. The quantitative estimate of drug-likeness (QED) is 0.463. The monoisotopic (exact) mass is 307 g/mol. The van der Waals surface area contributed by atoms with E-state index < -0.39 is 23.1 Å². The first-order valence-electron chi connectivity index (χ1n) is 6.18. The van der Waals surface area contributed by atoms with Crippen molar-refractivity contribution in [1.29, 1.82) is 0 Å². The Morgan fingerprint density at radius 2 is 2.09 bits per heavy atom. The van der Waals surface area contributed by atoms with Crippen molar-refractivity contribution in [2.45, 2.75) is 12.2 Å². The van der Waals surface area contributed by atoms with Crippen molar-refractivity contribution in [1.82, 2.24) is 9.78 Å². The van der Waals surface area contributed by atoms with Gasteiger partial charge >= 0.3 is 5.97 Å². The van der Waals surface area contributed by atoms with Gasteiger partial charge in [0.25, 0.3) is 5.69 Å². The molecule has 2 rings (SSSR count). The van der Waals surface area contributed by atoms with Crippen LogP contribution in [0.5, 0.6) is 0 Å². The van der Waals surface area contributed by atoms with Crippen LogP contribution in [0.15, 0.2) is 36.7 Å². The molecular weight excluding hydrogens is 294 g/mol. The van der Waals surface area contributed by atoms with Crippen LogP contribution >= 0.6 is 0 Å². The molecule has 0 aliphatic rings. The lowest BCUT2D eigenvalue weighted by Gasteiger charge is -2.13. The van der Waals surface area contributed by atoms with Gasteiger partial charge in [0.1, 0.15) is 11.8 Å². The topological polar surface area (TPSA) is 128 Å². The molecule has 0 saturated carbocycles. The van der Waals surface area contributed by atoms with Crippen LogP contribution in [0, 0.1) is 10.1 Å². The lowest BCUT2D eigenvalue weighted by molar-refractivity contribution is -0.384. The molecule has 0 saturated heterocycles. The number of ether oxygens (including phenoxy) is 1. The van der Waals surface area contributed by atoms with Gasteiger partial charge in [-0.1, -0.05) is 12.1 Å². The SMILES string of the molecule is COC(=O)C(O)C(O)c1cnn(-c2ccccc2[N+](=O)[O-])c1. The van der Waals surface area contributed by atoms with Gasteiger partial charge in [0.05, 0.1) is 18.2 Å². The summed E-state index contributed by atoms with van der Waals surface area (Å²) in [4.78, 5) is 21.6. The van der Waals surface area contributed by atoms with Gasteiger partial charge < -0.3 is 14.9 Å².